The van der Waals surface area contributed by atoms with Crippen molar-refractivity contribution in [3.63, 3.8) is 0 Å². The van der Waals surface area contributed by atoms with E-state index in [4.69, 9.17) is 0 Å². The first-order valence-electron chi connectivity index (χ1n) is 7.56. The molecule has 0 saturated carbocycles. The fourth-order valence-electron chi connectivity index (χ4n) is 2.25. The number of aromatic nitrogens is 2. The summed E-state index contributed by atoms with van der Waals surface area (Å²) in [6.45, 7) is 2.03. The Bertz CT molecular complexity index is 884. The molecule has 2 aromatic carbocycles. The zero-order chi connectivity index (χ0) is 16.9. The minimum atomic E-state index is -0.157. The van der Waals surface area contributed by atoms with Gasteiger partial charge >= 0.3 is 0 Å². The second-order valence-electron chi connectivity index (χ2n) is 5.43. The summed E-state index contributed by atoms with van der Waals surface area (Å²) in [6, 6.07) is 15.8. The normalized spacial score (nSPS) is 11.2. The molecule has 24 heavy (non-hydrogen) atoms. The molecule has 122 valence electrons. The van der Waals surface area contributed by atoms with E-state index >= 15 is 0 Å². The highest BCUT2D eigenvalue weighted by Gasteiger charge is 2.09. The van der Waals surface area contributed by atoms with Crippen molar-refractivity contribution in [1.82, 2.24) is 15.0 Å². The summed E-state index contributed by atoms with van der Waals surface area (Å²) in [4.78, 5) is 16.4. The maximum atomic E-state index is 11.9. The first-order chi connectivity index (χ1) is 11.6. The van der Waals surface area contributed by atoms with Crippen molar-refractivity contribution >= 4 is 34.9 Å². The van der Waals surface area contributed by atoms with Crippen LogP contribution in [0, 0.1) is 6.92 Å². The van der Waals surface area contributed by atoms with Crippen LogP contribution in [0.3, 0.4) is 0 Å². The average molecular weight is 338 g/mol. The van der Waals surface area contributed by atoms with Crippen LogP contribution in [0.2, 0.25) is 0 Å². The molecule has 3 rings (SSSR count). The van der Waals surface area contributed by atoms with E-state index in [9.17, 15) is 4.79 Å². The number of imidazole rings is 1. The molecule has 1 heterocycles. The number of hydrazone groups is 1. The zero-order valence-corrected chi connectivity index (χ0v) is 14.4. The topological polar surface area (TPSA) is 59.3 Å². The zero-order valence-electron chi connectivity index (χ0n) is 13.6. The maximum absolute atomic E-state index is 11.9. The van der Waals surface area contributed by atoms with Gasteiger partial charge in [-0.05, 0) is 24.6 Å². The van der Waals surface area contributed by atoms with Crippen LogP contribution >= 0.6 is 11.8 Å². The molecule has 0 atom stereocenters. The molecule has 6 heteroatoms. The molecule has 1 aromatic heterocycles. The molecule has 3 aromatic rings. The summed E-state index contributed by atoms with van der Waals surface area (Å²) in [6.07, 6.45) is 1.64. The minimum Gasteiger partial charge on any atom is -0.322 e. The van der Waals surface area contributed by atoms with Crippen LogP contribution in [-0.4, -0.2) is 27.4 Å². The number of para-hydroxylation sites is 2. The van der Waals surface area contributed by atoms with Gasteiger partial charge in [0.15, 0.2) is 5.16 Å². The first-order valence-corrected chi connectivity index (χ1v) is 8.55. The van der Waals surface area contributed by atoms with E-state index in [1.165, 1.54) is 17.3 Å². The predicted octanol–water partition coefficient (Wildman–Crippen LogP) is 3.12. The van der Waals surface area contributed by atoms with E-state index < -0.39 is 0 Å². The van der Waals surface area contributed by atoms with E-state index in [1.807, 2.05) is 67.1 Å². The van der Waals surface area contributed by atoms with Crippen LogP contribution in [0.25, 0.3) is 11.0 Å². The van der Waals surface area contributed by atoms with Crippen LogP contribution in [0.4, 0.5) is 0 Å². The van der Waals surface area contributed by atoms with Crippen molar-refractivity contribution in [3.8, 4) is 0 Å². The van der Waals surface area contributed by atoms with Crippen molar-refractivity contribution < 1.29 is 4.79 Å². The van der Waals surface area contributed by atoms with E-state index in [-0.39, 0.29) is 11.7 Å². The summed E-state index contributed by atoms with van der Waals surface area (Å²) in [5, 5.41) is 4.80. The predicted molar refractivity (Wildman–Crippen MR) is 98.4 cm³/mol. The summed E-state index contributed by atoms with van der Waals surface area (Å²) >= 11 is 1.40. The lowest BCUT2D eigenvalue weighted by Crippen LogP contribution is -2.19. The number of fused-ring (bicyclic) bond motifs is 1. The third kappa shape index (κ3) is 3.83. The van der Waals surface area contributed by atoms with Gasteiger partial charge in [0.2, 0.25) is 0 Å². The first kappa shape index (κ1) is 16.3. The fourth-order valence-corrected chi connectivity index (χ4v) is 3.03. The van der Waals surface area contributed by atoms with Crippen molar-refractivity contribution in [3.05, 3.63) is 59.7 Å². The molecule has 0 bridgehead atoms. The Morgan fingerprint density at radius 3 is 2.75 bits per heavy atom. The molecule has 0 aliphatic heterocycles. The van der Waals surface area contributed by atoms with Gasteiger partial charge in [-0.3, -0.25) is 4.79 Å². The van der Waals surface area contributed by atoms with Gasteiger partial charge in [-0.1, -0.05) is 53.7 Å². The number of benzene rings is 2. The Kier molecular flexibility index (Phi) is 4.96. The molecule has 0 unspecified atom stereocenters. The van der Waals surface area contributed by atoms with Crippen LogP contribution in [0.5, 0.6) is 0 Å². The Balaban J connectivity index is 1.55. The number of carbonyl (C=O) groups is 1. The number of nitrogens with one attached hydrogen (secondary N) is 1. The smallest absolute Gasteiger partial charge is 0.250 e. The van der Waals surface area contributed by atoms with Gasteiger partial charge in [-0.15, -0.1) is 0 Å². The van der Waals surface area contributed by atoms with Gasteiger partial charge in [0.1, 0.15) is 0 Å². The number of rotatable bonds is 5. The summed E-state index contributed by atoms with van der Waals surface area (Å²) < 4.78 is 1.99. The third-order valence-corrected chi connectivity index (χ3v) is 4.59. The molecule has 1 amide bonds. The maximum Gasteiger partial charge on any atom is 0.250 e. The molecule has 0 saturated heterocycles. The van der Waals surface area contributed by atoms with Gasteiger partial charge in [-0.25, -0.2) is 10.4 Å². The second kappa shape index (κ2) is 7.31. The van der Waals surface area contributed by atoms with Crippen LogP contribution < -0.4 is 5.43 Å². The summed E-state index contributed by atoms with van der Waals surface area (Å²) in [7, 11) is 1.95. The number of carbonyl (C=O) groups excluding carboxylic acids is 1. The molecular formula is C18H18N4OS. The standard InChI is InChI=1S/C18H18N4OS/c1-13-7-9-14(10-8-13)11-19-21-17(23)12-24-18-20-15-5-3-4-6-16(15)22(18)2/h3-11H,12H2,1-2H3,(H,21,23)/b19-11-. The molecular weight excluding hydrogens is 320 g/mol. The van der Waals surface area contributed by atoms with E-state index in [2.05, 4.69) is 15.5 Å². The average Bonchev–Trinajstić information content (AvgIpc) is 2.91. The van der Waals surface area contributed by atoms with Crippen LogP contribution in [-0.2, 0) is 11.8 Å². The number of amides is 1. The Hall–Kier alpha value is -2.60. The largest absolute Gasteiger partial charge is 0.322 e. The van der Waals surface area contributed by atoms with Gasteiger partial charge in [0, 0.05) is 7.05 Å². The highest BCUT2D eigenvalue weighted by molar-refractivity contribution is 7.99. The van der Waals surface area contributed by atoms with Crippen LogP contribution in [0.1, 0.15) is 11.1 Å². The summed E-state index contributed by atoms with van der Waals surface area (Å²) in [5.41, 5.74) is 6.66. The monoisotopic (exact) mass is 338 g/mol. The molecule has 0 spiro atoms. The minimum absolute atomic E-state index is 0.157. The Labute approximate surface area is 144 Å². The highest BCUT2D eigenvalue weighted by Crippen LogP contribution is 2.22. The van der Waals surface area contributed by atoms with Gasteiger partial charge in [0.25, 0.3) is 5.91 Å². The van der Waals surface area contributed by atoms with Crippen molar-refractivity contribution in [2.24, 2.45) is 12.1 Å². The van der Waals surface area contributed by atoms with E-state index in [0.717, 1.165) is 21.8 Å². The Morgan fingerprint density at radius 1 is 1.25 bits per heavy atom. The molecule has 0 aliphatic rings. The number of hydrogen-bond acceptors (Lipinski definition) is 4. The lowest BCUT2D eigenvalue weighted by Gasteiger charge is -2.01. The Morgan fingerprint density at radius 2 is 2.00 bits per heavy atom. The quantitative estimate of drug-likeness (QED) is 0.442. The van der Waals surface area contributed by atoms with E-state index in [1.54, 1.807) is 6.21 Å². The number of hydrogen-bond donors (Lipinski definition) is 1. The van der Waals surface area contributed by atoms with E-state index in [0.29, 0.717) is 0 Å². The lowest BCUT2D eigenvalue weighted by atomic mass is 10.2. The number of aryl methyl sites for hydroxylation is 2. The van der Waals surface area contributed by atoms with Gasteiger partial charge in [-0.2, -0.15) is 5.10 Å². The second-order valence-corrected chi connectivity index (χ2v) is 6.38. The molecule has 5 nitrogen and oxygen atoms in total. The highest BCUT2D eigenvalue weighted by atomic mass is 32.2. The fraction of sp³-hybridized carbons (Fsp3) is 0.167. The number of thioether (sulfide) groups is 1. The molecule has 1 N–H and O–H groups in total. The van der Waals surface area contributed by atoms with Crippen molar-refractivity contribution in [1.29, 1.82) is 0 Å². The molecule has 0 radical (unpaired) electrons. The molecule has 0 aliphatic carbocycles. The SMILES string of the molecule is Cc1ccc(/C=N\NC(=O)CSc2nc3ccccc3n2C)cc1. The van der Waals surface area contributed by atoms with Crippen LogP contribution in [0.15, 0.2) is 58.8 Å². The molecule has 0 fully saturated rings. The number of nitrogens with zero attached hydrogens (tertiary/aromatic N) is 3. The van der Waals surface area contributed by atoms with Gasteiger partial charge < -0.3 is 4.57 Å². The summed E-state index contributed by atoms with van der Waals surface area (Å²) in [5.74, 6) is 0.109. The third-order valence-electron chi connectivity index (χ3n) is 3.56. The lowest BCUT2D eigenvalue weighted by molar-refractivity contribution is -0.118. The van der Waals surface area contributed by atoms with Crippen molar-refractivity contribution in [2.45, 2.75) is 12.1 Å². The van der Waals surface area contributed by atoms with Gasteiger partial charge in [0.05, 0.1) is 23.0 Å². The van der Waals surface area contributed by atoms with Crippen molar-refractivity contribution in [2.75, 3.05) is 5.75 Å².